The predicted molar refractivity (Wildman–Crippen MR) is 137 cm³/mol. The molecule has 1 fully saturated rings. The molecule has 6 heteroatoms. The van der Waals surface area contributed by atoms with Crippen LogP contribution in [0.2, 0.25) is 0 Å². The molecular weight excluding hydrogens is 460 g/mol. The van der Waals surface area contributed by atoms with E-state index >= 15 is 0 Å². The number of benzene rings is 3. The van der Waals surface area contributed by atoms with E-state index in [0.29, 0.717) is 18.1 Å². The topological polar surface area (TPSA) is 41.9 Å². The molecule has 2 aliphatic rings. The van der Waals surface area contributed by atoms with Crippen molar-refractivity contribution in [3.63, 3.8) is 0 Å². The predicted octanol–water partition coefficient (Wildman–Crippen LogP) is 6.65. The Morgan fingerprint density at radius 2 is 1.78 bits per heavy atom. The van der Waals surface area contributed by atoms with E-state index in [4.69, 9.17) is 9.47 Å². The molecule has 0 saturated carbocycles. The number of aromatic hydroxyl groups is 1. The molecule has 1 saturated heterocycles. The molecule has 0 radical (unpaired) electrons. The molecule has 0 bridgehead atoms. The normalized spacial score (nSPS) is 20.7. The number of ether oxygens (including phenoxy) is 2. The fraction of sp³-hybridized carbons (Fsp3) is 0.333. The van der Waals surface area contributed by atoms with E-state index in [1.165, 1.54) is 12.1 Å². The number of hydrogen-bond donors (Lipinski definition) is 1. The maximum Gasteiger partial charge on any atom is 0.139 e. The molecule has 0 aromatic heterocycles. The quantitative estimate of drug-likeness (QED) is 0.402. The first-order chi connectivity index (χ1) is 17.4. The third kappa shape index (κ3) is 4.96. The van der Waals surface area contributed by atoms with Crippen LogP contribution in [0.1, 0.15) is 42.9 Å². The molecule has 36 heavy (non-hydrogen) atoms. The summed E-state index contributed by atoms with van der Waals surface area (Å²) in [4.78, 5) is 2.28. The molecule has 3 atom stereocenters. The van der Waals surface area contributed by atoms with Gasteiger partial charge in [-0.2, -0.15) is 0 Å². The first kappa shape index (κ1) is 24.3. The van der Waals surface area contributed by atoms with Gasteiger partial charge in [-0.25, -0.2) is 4.39 Å². The van der Waals surface area contributed by atoms with Crippen LogP contribution in [0.15, 0.2) is 66.7 Å². The Kier molecular flexibility index (Phi) is 6.97. The van der Waals surface area contributed by atoms with Crippen LogP contribution >= 0.6 is 0 Å². The van der Waals surface area contributed by atoms with E-state index in [2.05, 4.69) is 18.7 Å². The van der Waals surface area contributed by atoms with Gasteiger partial charge >= 0.3 is 0 Å². The third-order valence-corrected chi connectivity index (χ3v) is 7.27. The Labute approximate surface area is 210 Å². The minimum absolute atomic E-state index is 0.0771. The van der Waals surface area contributed by atoms with Crippen LogP contribution in [0.25, 0.3) is 11.3 Å². The minimum atomic E-state index is -0.298. The maximum atomic E-state index is 13.7. The molecule has 3 aromatic carbocycles. The van der Waals surface area contributed by atoms with Crippen molar-refractivity contribution in [1.29, 1.82) is 0 Å². The highest BCUT2D eigenvalue weighted by atomic mass is 19.1. The summed E-state index contributed by atoms with van der Waals surface area (Å²) in [5, 5.41) is 10.0. The van der Waals surface area contributed by atoms with Gasteiger partial charge in [-0.1, -0.05) is 19.1 Å². The Bertz CT molecular complexity index is 1240. The lowest BCUT2D eigenvalue weighted by Gasteiger charge is -2.29. The van der Waals surface area contributed by atoms with Crippen LogP contribution in [0.5, 0.6) is 17.2 Å². The average Bonchev–Trinajstić information content (AvgIpc) is 3.38. The molecule has 0 amide bonds. The van der Waals surface area contributed by atoms with Gasteiger partial charge in [0.05, 0.1) is 6.67 Å². The van der Waals surface area contributed by atoms with Crippen molar-refractivity contribution in [2.45, 2.75) is 32.2 Å². The smallest absolute Gasteiger partial charge is 0.139 e. The highest BCUT2D eigenvalue weighted by molar-refractivity contribution is 5.93. The summed E-state index contributed by atoms with van der Waals surface area (Å²) in [5.41, 5.74) is 3.54. The highest BCUT2D eigenvalue weighted by Crippen LogP contribution is 2.47. The average molecular weight is 492 g/mol. The van der Waals surface area contributed by atoms with Crippen molar-refractivity contribution in [1.82, 2.24) is 4.90 Å². The molecule has 4 nitrogen and oxygen atoms in total. The van der Waals surface area contributed by atoms with Gasteiger partial charge in [-0.15, -0.1) is 0 Å². The molecule has 2 heterocycles. The SMILES string of the molecule is CC1C(c2ccc(F)cc2)=C(c2ccc(OC[C@H](C)N3CCC(CF)C3)cc2)Oc2ccc(O)cc21. The van der Waals surface area contributed by atoms with Gasteiger partial charge in [0.2, 0.25) is 0 Å². The number of phenols is 1. The maximum absolute atomic E-state index is 13.7. The zero-order chi connectivity index (χ0) is 25.2. The standard InChI is InChI=1S/C30H31F2NO3/c1-19(33-14-13-21(16-31)17-33)18-35-26-10-5-23(6-11-26)30-29(22-3-7-24(32)8-4-22)20(2)27-15-25(34)9-12-28(27)36-30/h3-12,15,19-21,34H,13-14,16-18H2,1-2H3/t19-,20?,21?/m0/s1. The van der Waals surface area contributed by atoms with Crippen LogP contribution in [0.3, 0.4) is 0 Å². The van der Waals surface area contributed by atoms with Crippen LogP contribution in [0.4, 0.5) is 8.78 Å². The monoisotopic (exact) mass is 491 g/mol. The number of hydrogen-bond acceptors (Lipinski definition) is 4. The van der Waals surface area contributed by atoms with Gasteiger partial charge in [-0.3, -0.25) is 9.29 Å². The number of rotatable bonds is 7. The summed E-state index contributed by atoms with van der Waals surface area (Å²) in [7, 11) is 0. The van der Waals surface area contributed by atoms with E-state index in [9.17, 15) is 13.9 Å². The summed E-state index contributed by atoms with van der Waals surface area (Å²) >= 11 is 0. The Hall–Kier alpha value is -3.38. The van der Waals surface area contributed by atoms with Crippen molar-refractivity contribution in [3.05, 3.63) is 89.2 Å². The lowest BCUT2D eigenvalue weighted by Crippen LogP contribution is -2.35. The first-order valence-corrected chi connectivity index (χ1v) is 12.5. The number of nitrogens with zero attached hydrogens (tertiary/aromatic N) is 1. The second-order valence-electron chi connectivity index (χ2n) is 9.78. The zero-order valence-corrected chi connectivity index (χ0v) is 20.6. The lowest BCUT2D eigenvalue weighted by molar-refractivity contribution is 0.165. The van der Waals surface area contributed by atoms with Crippen molar-refractivity contribution in [2.24, 2.45) is 5.92 Å². The van der Waals surface area contributed by atoms with Crippen molar-refractivity contribution < 1.29 is 23.4 Å². The van der Waals surface area contributed by atoms with Gasteiger partial charge in [0.25, 0.3) is 0 Å². The van der Waals surface area contributed by atoms with Crippen LogP contribution in [-0.4, -0.2) is 42.4 Å². The largest absolute Gasteiger partial charge is 0.508 e. The van der Waals surface area contributed by atoms with Gasteiger partial charge < -0.3 is 14.6 Å². The Morgan fingerprint density at radius 3 is 2.47 bits per heavy atom. The second-order valence-corrected chi connectivity index (χ2v) is 9.78. The number of likely N-dealkylation sites (tertiary alicyclic amines) is 1. The molecular formula is C30H31F2NO3. The van der Waals surface area contributed by atoms with E-state index in [1.54, 1.807) is 30.3 Å². The first-order valence-electron chi connectivity index (χ1n) is 12.5. The van der Waals surface area contributed by atoms with Crippen molar-refractivity contribution in [2.75, 3.05) is 26.4 Å². The molecule has 2 aliphatic heterocycles. The highest BCUT2D eigenvalue weighted by Gasteiger charge is 2.29. The fourth-order valence-electron chi connectivity index (χ4n) is 5.12. The summed E-state index contributed by atoms with van der Waals surface area (Å²) in [5.74, 6) is 2.08. The molecule has 0 spiro atoms. The summed E-state index contributed by atoms with van der Waals surface area (Å²) in [6.45, 7) is 6.15. The van der Waals surface area contributed by atoms with Crippen LogP contribution < -0.4 is 9.47 Å². The number of halogens is 2. The molecule has 1 N–H and O–H groups in total. The Morgan fingerprint density at radius 1 is 1.06 bits per heavy atom. The number of fused-ring (bicyclic) bond motifs is 1. The van der Waals surface area contributed by atoms with E-state index < -0.39 is 0 Å². The van der Waals surface area contributed by atoms with Gasteiger partial charge in [-0.05, 0) is 80.1 Å². The second kappa shape index (κ2) is 10.3. The lowest BCUT2D eigenvalue weighted by atomic mass is 9.83. The summed E-state index contributed by atoms with van der Waals surface area (Å²) in [6.07, 6.45) is 0.905. The van der Waals surface area contributed by atoms with Crippen LogP contribution in [0, 0.1) is 11.7 Å². The van der Waals surface area contributed by atoms with Crippen molar-refractivity contribution in [3.8, 4) is 17.2 Å². The van der Waals surface area contributed by atoms with Gasteiger partial charge in [0.1, 0.15) is 35.4 Å². The Balaban J connectivity index is 1.39. The van der Waals surface area contributed by atoms with Crippen LogP contribution in [-0.2, 0) is 0 Å². The third-order valence-electron chi connectivity index (χ3n) is 7.27. The molecule has 0 aliphatic carbocycles. The summed E-state index contributed by atoms with van der Waals surface area (Å²) in [6, 6.07) is 19.5. The molecule has 2 unspecified atom stereocenters. The molecule has 5 rings (SSSR count). The van der Waals surface area contributed by atoms with Gasteiger partial charge in [0, 0.05) is 41.1 Å². The van der Waals surface area contributed by atoms with E-state index in [0.717, 1.165) is 47.5 Å². The molecule has 3 aromatic rings. The van der Waals surface area contributed by atoms with Gasteiger partial charge in [0.15, 0.2) is 0 Å². The number of alkyl halides is 1. The number of phenolic OH excluding ortho intramolecular Hbond substituents is 1. The number of allylic oxidation sites excluding steroid dienone is 1. The fourth-order valence-corrected chi connectivity index (χ4v) is 5.12. The van der Waals surface area contributed by atoms with Crippen molar-refractivity contribution >= 4 is 11.3 Å². The zero-order valence-electron chi connectivity index (χ0n) is 20.6. The van der Waals surface area contributed by atoms with E-state index in [1.807, 2.05) is 24.3 Å². The van der Waals surface area contributed by atoms with E-state index in [-0.39, 0.29) is 36.1 Å². The summed E-state index contributed by atoms with van der Waals surface area (Å²) < 4.78 is 39.0. The molecule has 188 valence electrons. The minimum Gasteiger partial charge on any atom is -0.508 e.